The topological polar surface area (TPSA) is 40.5 Å². The van der Waals surface area contributed by atoms with Crippen molar-refractivity contribution in [2.24, 2.45) is 0 Å². The average molecular weight is 269 g/mol. The Kier molecular flexibility index (Phi) is 4.35. The standard InChI is InChI=1S/C14H17F2NO2/c15-11-8-10-4-3-7-17(13(10)9-12(11)16)6-2-1-5-14(18)19/h8-9H,1-7H2,(H,18,19). The van der Waals surface area contributed by atoms with Crippen LogP contribution in [0, 0.1) is 11.6 Å². The molecule has 1 aliphatic heterocycles. The third-order valence-electron chi connectivity index (χ3n) is 3.41. The normalized spacial score (nSPS) is 14.3. The van der Waals surface area contributed by atoms with E-state index in [1.54, 1.807) is 0 Å². The van der Waals surface area contributed by atoms with E-state index < -0.39 is 17.6 Å². The fourth-order valence-corrected chi connectivity index (χ4v) is 2.46. The van der Waals surface area contributed by atoms with Gasteiger partial charge in [-0.25, -0.2) is 8.78 Å². The number of carbonyl (C=O) groups is 1. The van der Waals surface area contributed by atoms with E-state index in [1.807, 2.05) is 4.90 Å². The second kappa shape index (κ2) is 5.99. The van der Waals surface area contributed by atoms with Crippen molar-refractivity contribution in [1.82, 2.24) is 0 Å². The molecule has 0 saturated heterocycles. The second-order valence-electron chi connectivity index (χ2n) is 4.84. The Morgan fingerprint density at radius 3 is 2.74 bits per heavy atom. The van der Waals surface area contributed by atoms with Gasteiger partial charge in [-0.1, -0.05) is 0 Å². The zero-order valence-electron chi connectivity index (χ0n) is 10.7. The molecule has 1 aromatic rings. The number of rotatable bonds is 5. The lowest BCUT2D eigenvalue weighted by molar-refractivity contribution is -0.137. The number of aliphatic carboxylic acids is 1. The molecule has 3 nitrogen and oxygen atoms in total. The Morgan fingerprint density at radius 2 is 2.00 bits per heavy atom. The number of aryl methyl sites for hydroxylation is 1. The smallest absolute Gasteiger partial charge is 0.303 e. The molecule has 104 valence electrons. The summed E-state index contributed by atoms with van der Waals surface area (Å²) in [6, 6.07) is 2.52. The molecule has 2 rings (SSSR count). The molecule has 0 spiro atoms. The Labute approximate surface area is 110 Å². The van der Waals surface area contributed by atoms with Crippen molar-refractivity contribution in [1.29, 1.82) is 0 Å². The van der Waals surface area contributed by atoms with Crippen molar-refractivity contribution in [3.8, 4) is 0 Å². The van der Waals surface area contributed by atoms with Crippen molar-refractivity contribution >= 4 is 11.7 Å². The van der Waals surface area contributed by atoms with Crippen molar-refractivity contribution < 1.29 is 18.7 Å². The first kappa shape index (κ1) is 13.8. The highest BCUT2D eigenvalue weighted by molar-refractivity contribution is 5.66. The Morgan fingerprint density at radius 1 is 1.26 bits per heavy atom. The lowest BCUT2D eigenvalue weighted by Gasteiger charge is -2.31. The Hall–Kier alpha value is -1.65. The molecular weight excluding hydrogens is 252 g/mol. The summed E-state index contributed by atoms with van der Waals surface area (Å²) in [6.45, 7) is 1.50. The van der Waals surface area contributed by atoms with E-state index in [1.165, 1.54) is 12.1 Å². The van der Waals surface area contributed by atoms with Gasteiger partial charge in [0.1, 0.15) is 0 Å². The maximum atomic E-state index is 13.3. The van der Waals surface area contributed by atoms with Gasteiger partial charge in [0.05, 0.1) is 0 Å². The zero-order chi connectivity index (χ0) is 13.8. The zero-order valence-corrected chi connectivity index (χ0v) is 10.7. The van der Waals surface area contributed by atoms with Crippen molar-refractivity contribution in [2.45, 2.75) is 32.1 Å². The second-order valence-corrected chi connectivity index (χ2v) is 4.84. The van der Waals surface area contributed by atoms with Crippen LogP contribution in [0.4, 0.5) is 14.5 Å². The van der Waals surface area contributed by atoms with Gasteiger partial charge in [-0.05, 0) is 37.3 Å². The molecular formula is C14H17F2NO2. The van der Waals surface area contributed by atoms with Crippen LogP contribution in [0.25, 0.3) is 0 Å². The summed E-state index contributed by atoms with van der Waals surface area (Å²) < 4.78 is 26.5. The molecule has 5 heteroatoms. The molecule has 0 bridgehead atoms. The molecule has 0 atom stereocenters. The van der Waals surface area contributed by atoms with E-state index in [2.05, 4.69) is 0 Å². The minimum Gasteiger partial charge on any atom is -0.481 e. The third-order valence-corrected chi connectivity index (χ3v) is 3.41. The van der Waals surface area contributed by atoms with Crippen LogP contribution in [0.2, 0.25) is 0 Å². The molecule has 19 heavy (non-hydrogen) atoms. The molecule has 1 heterocycles. The summed E-state index contributed by atoms with van der Waals surface area (Å²) in [5.41, 5.74) is 1.59. The monoisotopic (exact) mass is 269 g/mol. The lowest BCUT2D eigenvalue weighted by Crippen LogP contribution is -2.30. The van der Waals surface area contributed by atoms with Crippen LogP contribution >= 0.6 is 0 Å². The maximum absolute atomic E-state index is 13.3. The first-order chi connectivity index (χ1) is 9.08. The number of carboxylic acids is 1. The van der Waals surface area contributed by atoms with Gasteiger partial charge in [-0.15, -0.1) is 0 Å². The van der Waals surface area contributed by atoms with Gasteiger partial charge in [0.25, 0.3) is 0 Å². The predicted octanol–water partition coefficient (Wildman–Crippen LogP) is 2.97. The third kappa shape index (κ3) is 3.43. The summed E-state index contributed by atoms with van der Waals surface area (Å²) in [4.78, 5) is 12.4. The van der Waals surface area contributed by atoms with Gasteiger partial charge in [0, 0.05) is 31.3 Å². The van der Waals surface area contributed by atoms with Crippen LogP contribution in [-0.2, 0) is 11.2 Å². The molecule has 0 saturated carbocycles. The van der Waals surface area contributed by atoms with Gasteiger partial charge < -0.3 is 10.0 Å². The van der Waals surface area contributed by atoms with Gasteiger partial charge in [0.15, 0.2) is 11.6 Å². The van der Waals surface area contributed by atoms with E-state index in [4.69, 9.17) is 5.11 Å². The maximum Gasteiger partial charge on any atom is 0.303 e. The number of carboxylic acid groups (broad SMARTS) is 1. The van der Waals surface area contributed by atoms with Crippen LogP contribution < -0.4 is 4.90 Å². The van der Waals surface area contributed by atoms with Crippen molar-refractivity contribution in [3.05, 3.63) is 29.3 Å². The molecule has 0 radical (unpaired) electrons. The van der Waals surface area contributed by atoms with Crippen LogP contribution in [0.15, 0.2) is 12.1 Å². The van der Waals surface area contributed by atoms with Gasteiger partial charge in [-0.3, -0.25) is 4.79 Å². The molecule has 0 aromatic heterocycles. The van der Waals surface area contributed by atoms with Crippen LogP contribution in [0.5, 0.6) is 0 Å². The van der Waals surface area contributed by atoms with E-state index in [0.29, 0.717) is 13.0 Å². The van der Waals surface area contributed by atoms with Crippen LogP contribution in [0.1, 0.15) is 31.2 Å². The van der Waals surface area contributed by atoms with E-state index >= 15 is 0 Å². The number of anilines is 1. The number of nitrogens with zero attached hydrogens (tertiary/aromatic N) is 1. The number of halogens is 2. The number of hydrogen-bond acceptors (Lipinski definition) is 2. The quantitative estimate of drug-likeness (QED) is 0.835. The fourth-order valence-electron chi connectivity index (χ4n) is 2.46. The summed E-state index contributed by atoms with van der Waals surface area (Å²) in [5, 5.41) is 8.57. The number of hydrogen-bond donors (Lipinski definition) is 1. The van der Waals surface area contributed by atoms with Crippen molar-refractivity contribution in [2.75, 3.05) is 18.0 Å². The molecule has 0 aliphatic carbocycles. The summed E-state index contributed by atoms with van der Waals surface area (Å²) in [7, 11) is 0. The van der Waals surface area contributed by atoms with Crippen molar-refractivity contribution in [3.63, 3.8) is 0 Å². The van der Waals surface area contributed by atoms with Gasteiger partial charge in [-0.2, -0.15) is 0 Å². The molecule has 1 N–H and O–H groups in total. The Bertz CT molecular complexity index is 477. The van der Waals surface area contributed by atoms with Gasteiger partial charge >= 0.3 is 5.97 Å². The largest absolute Gasteiger partial charge is 0.481 e. The summed E-state index contributed by atoms with van der Waals surface area (Å²) >= 11 is 0. The minimum absolute atomic E-state index is 0.151. The summed E-state index contributed by atoms with van der Waals surface area (Å²) in [5.74, 6) is -2.42. The number of benzene rings is 1. The van der Waals surface area contributed by atoms with Crippen LogP contribution in [0.3, 0.4) is 0 Å². The number of fused-ring (bicyclic) bond motifs is 1. The SMILES string of the molecule is O=C(O)CCCCN1CCCc2cc(F)c(F)cc21. The predicted molar refractivity (Wildman–Crippen MR) is 68.4 cm³/mol. The molecule has 1 aliphatic rings. The van der Waals surface area contributed by atoms with E-state index in [0.717, 1.165) is 37.1 Å². The fraction of sp³-hybridized carbons (Fsp3) is 0.500. The first-order valence-corrected chi connectivity index (χ1v) is 6.52. The first-order valence-electron chi connectivity index (χ1n) is 6.52. The highest BCUT2D eigenvalue weighted by Gasteiger charge is 2.19. The Balaban J connectivity index is 2.01. The molecule has 1 aromatic carbocycles. The highest BCUT2D eigenvalue weighted by atomic mass is 19.2. The van der Waals surface area contributed by atoms with E-state index in [-0.39, 0.29) is 6.42 Å². The van der Waals surface area contributed by atoms with Crippen LogP contribution in [-0.4, -0.2) is 24.2 Å². The van der Waals surface area contributed by atoms with E-state index in [9.17, 15) is 13.6 Å². The minimum atomic E-state index is -0.823. The molecule has 0 amide bonds. The van der Waals surface area contributed by atoms with Gasteiger partial charge in [0.2, 0.25) is 0 Å². The molecule has 0 unspecified atom stereocenters. The lowest BCUT2D eigenvalue weighted by atomic mass is 10.0. The highest BCUT2D eigenvalue weighted by Crippen LogP contribution is 2.29. The number of unbranched alkanes of at least 4 members (excludes halogenated alkanes) is 1. The summed E-state index contributed by atoms with van der Waals surface area (Å²) in [6.07, 6.45) is 3.17. The molecule has 0 fully saturated rings. The average Bonchev–Trinajstić information content (AvgIpc) is 2.36.